The van der Waals surface area contributed by atoms with E-state index in [9.17, 15) is 4.79 Å². The molecule has 0 radical (unpaired) electrons. The Balaban J connectivity index is 0.00000225. The molecule has 1 amide bonds. The molecule has 1 aromatic heterocycles. The van der Waals surface area contributed by atoms with Gasteiger partial charge in [-0.1, -0.05) is 12.1 Å². The maximum absolute atomic E-state index is 13.6. The number of aryl methyl sites for hydroxylation is 2. The number of carbonyl (C=O) groups is 1. The van der Waals surface area contributed by atoms with Gasteiger partial charge in [0.2, 0.25) is 0 Å². The predicted molar refractivity (Wildman–Crippen MR) is 111 cm³/mol. The summed E-state index contributed by atoms with van der Waals surface area (Å²) in [4.78, 5) is 15.7. The Kier molecular flexibility index (Phi) is 6.01. The third-order valence-electron chi connectivity index (χ3n) is 6.18. The van der Waals surface area contributed by atoms with Gasteiger partial charge in [0.15, 0.2) is 0 Å². The summed E-state index contributed by atoms with van der Waals surface area (Å²) in [6.07, 6.45) is 0. The first-order valence-corrected chi connectivity index (χ1v) is 9.74. The van der Waals surface area contributed by atoms with E-state index in [0.717, 1.165) is 48.9 Å². The maximum atomic E-state index is 13.6. The molecule has 6 nitrogen and oxygen atoms in total. The van der Waals surface area contributed by atoms with Crippen molar-refractivity contribution in [3.63, 3.8) is 0 Å². The van der Waals surface area contributed by atoms with Crippen LogP contribution in [0.3, 0.4) is 0 Å². The Morgan fingerprint density at radius 3 is 2.57 bits per heavy atom. The lowest BCUT2D eigenvalue weighted by atomic mass is 9.89. The van der Waals surface area contributed by atoms with Gasteiger partial charge in [-0.2, -0.15) is 5.10 Å². The lowest BCUT2D eigenvalue weighted by Crippen LogP contribution is -2.35. The van der Waals surface area contributed by atoms with Crippen LogP contribution in [0.2, 0.25) is 0 Å². The normalized spacial score (nSPS) is 23.4. The van der Waals surface area contributed by atoms with Crippen LogP contribution in [0.25, 0.3) is 0 Å². The van der Waals surface area contributed by atoms with E-state index in [1.165, 1.54) is 5.56 Å². The number of amides is 1. The molecule has 3 heterocycles. The van der Waals surface area contributed by atoms with Crippen LogP contribution < -0.4 is 10.1 Å². The Morgan fingerprint density at radius 2 is 1.96 bits per heavy atom. The van der Waals surface area contributed by atoms with Crippen molar-refractivity contribution >= 4 is 18.3 Å². The smallest absolute Gasteiger partial charge is 0.258 e. The third-order valence-corrected chi connectivity index (χ3v) is 6.18. The summed E-state index contributed by atoms with van der Waals surface area (Å²) < 4.78 is 7.22. The second-order valence-electron chi connectivity index (χ2n) is 7.62. The van der Waals surface area contributed by atoms with Crippen LogP contribution in [0.4, 0.5) is 0 Å². The Bertz CT molecular complexity index is 849. The van der Waals surface area contributed by atoms with Crippen LogP contribution in [0, 0.1) is 25.7 Å². The summed E-state index contributed by atoms with van der Waals surface area (Å²) in [6, 6.07) is 8.25. The molecular formula is C21H29ClN4O2. The minimum Gasteiger partial charge on any atom is -0.497 e. The average Bonchev–Trinajstić information content (AvgIpc) is 3.34. The fourth-order valence-corrected chi connectivity index (χ4v) is 4.82. The van der Waals surface area contributed by atoms with Crippen LogP contribution in [-0.4, -0.2) is 47.3 Å². The van der Waals surface area contributed by atoms with E-state index in [2.05, 4.69) is 34.4 Å². The molecular weight excluding hydrogens is 376 g/mol. The zero-order valence-corrected chi connectivity index (χ0v) is 17.8. The monoisotopic (exact) mass is 404 g/mol. The van der Waals surface area contributed by atoms with Crippen LogP contribution in [-0.2, 0) is 6.54 Å². The Morgan fingerprint density at radius 1 is 1.25 bits per heavy atom. The predicted octanol–water partition coefficient (Wildman–Crippen LogP) is 2.98. The molecule has 1 N–H and O–H groups in total. The first-order chi connectivity index (χ1) is 13.0. The fraction of sp³-hybridized carbons (Fsp3) is 0.524. The van der Waals surface area contributed by atoms with Crippen molar-refractivity contribution in [3.05, 3.63) is 46.8 Å². The number of ether oxygens (including phenoxy) is 1. The third kappa shape index (κ3) is 3.29. The van der Waals surface area contributed by atoms with Gasteiger partial charge in [0.25, 0.3) is 5.91 Å². The van der Waals surface area contributed by atoms with Gasteiger partial charge in [-0.25, -0.2) is 0 Å². The number of hydrogen-bond donors (Lipinski definition) is 1. The van der Waals surface area contributed by atoms with Gasteiger partial charge in [-0.05, 0) is 44.4 Å². The summed E-state index contributed by atoms with van der Waals surface area (Å²) in [5.41, 5.74) is 3.73. The van der Waals surface area contributed by atoms with Crippen molar-refractivity contribution in [1.82, 2.24) is 20.0 Å². The molecule has 0 saturated carbocycles. The maximum Gasteiger partial charge on any atom is 0.258 e. The standard InChI is InChI=1S/C21H28N4O2.ClH/c1-5-25-14(3)19(13(2)23-25)21(26)24-12-16-10-22-11-18(16)20(24)15-6-8-17(27-4)9-7-15;/h6-9,16,18,20,22H,5,10-12H2,1-4H3;1H/t16-,18-,20+;/m0./s1. The van der Waals surface area contributed by atoms with Crippen LogP contribution in [0.15, 0.2) is 24.3 Å². The molecule has 0 bridgehead atoms. The molecule has 0 unspecified atom stereocenters. The molecule has 7 heteroatoms. The highest BCUT2D eigenvalue weighted by atomic mass is 35.5. The second kappa shape index (κ2) is 8.13. The quantitative estimate of drug-likeness (QED) is 0.851. The summed E-state index contributed by atoms with van der Waals surface area (Å²) in [6.45, 7) is 9.50. The number of rotatable bonds is 4. The number of nitrogens with zero attached hydrogens (tertiary/aromatic N) is 3. The fourth-order valence-electron chi connectivity index (χ4n) is 4.82. The van der Waals surface area contributed by atoms with E-state index in [0.29, 0.717) is 11.8 Å². The summed E-state index contributed by atoms with van der Waals surface area (Å²) in [5.74, 6) is 1.90. The van der Waals surface area contributed by atoms with Crippen molar-refractivity contribution in [1.29, 1.82) is 0 Å². The molecule has 4 rings (SSSR count). The van der Waals surface area contributed by atoms with Crippen LogP contribution in [0.1, 0.15) is 40.3 Å². The van der Waals surface area contributed by atoms with Gasteiger partial charge in [0.05, 0.1) is 24.4 Å². The van der Waals surface area contributed by atoms with E-state index in [1.807, 2.05) is 30.7 Å². The van der Waals surface area contributed by atoms with Gasteiger partial charge in [-0.3, -0.25) is 9.48 Å². The van der Waals surface area contributed by atoms with Gasteiger partial charge >= 0.3 is 0 Å². The van der Waals surface area contributed by atoms with Crippen molar-refractivity contribution in [2.45, 2.75) is 33.4 Å². The highest BCUT2D eigenvalue weighted by molar-refractivity contribution is 5.97. The number of fused-ring (bicyclic) bond motifs is 1. The zero-order chi connectivity index (χ0) is 19.1. The topological polar surface area (TPSA) is 59.4 Å². The number of methoxy groups -OCH3 is 1. The lowest BCUT2D eigenvalue weighted by Gasteiger charge is -2.29. The number of aromatic nitrogens is 2. The molecule has 152 valence electrons. The zero-order valence-electron chi connectivity index (χ0n) is 16.9. The van der Waals surface area contributed by atoms with E-state index >= 15 is 0 Å². The van der Waals surface area contributed by atoms with E-state index in [-0.39, 0.29) is 24.4 Å². The highest BCUT2D eigenvalue weighted by Crippen LogP contribution is 2.43. The second-order valence-corrected chi connectivity index (χ2v) is 7.62. The van der Waals surface area contributed by atoms with Crippen molar-refractivity contribution in [2.24, 2.45) is 11.8 Å². The molecule has 2 aliphatic heterocycles. The number of halogens is 1. The highest BCUT2D eigenvalue weighted by Gasteiger charge is 2.47. The molecule has 1 aromatic carbocycles. The number of likely N-dealkylation sites (tertiary alicyclic amines) is 1. The van der Waals surface area contributed by atoms with Gasteiger partial charge in [0, 0.05) is 37.8 Å². The minimum atomic E-state index is 0. The molecule has 2 saturated heterocycles. The number of hydrogen-bond acceptors (Lipinski definition) is 4. The molecule has 2 fully saturated rings. The minimum absolute atomic E-state index is 0. The number of benzene rings is 1. The van der Waals surface area contributed by atoms with Crippen molar-refractivity contribution in [3.8, 4) is 5.75 Å². The van der Waals surface area contributed by atoms with Gasteiger partial charge < -0.3 is 15.0 Å². The lowest BCUT2D eigenvalue weighted by molar-refractivity contribution is 0.0712. The molecule has 2 aromatic rings. The van der Waals surface area contributed by atoms with Crippen molar-refractivity contribution < 1.29 is 9.53 Å². The van der Waals surface area contributed by atoms with Crippen molar-refractivity contribution in [2.75, 3.05) is 26.7 Å². The summed E-state index contributed by atoms with van der Waals surface area (Å²) in [5, 5.41) is 8.06. The first kappa shape index (κ1) is 20.7. The van der Waals surface area contributed by atoms with Gasteiger partial charge in [-0.15, -0.1) is 12.4 Å². The molecule has 3 atom stereocenters. The largest absolute Gasteiger partial charge is 0.497 e. The Hall–Kier alpha value is -2.05. The summed E-state index contributed by atoms with van der Waals surface area (Å²) >= 11 is 0. The molecule has 2 aliphatic rings. The summed E-state index contributed by atoms with van der Waals surface area (Å²) in [7, 11) is 1.67. The van der Waals surface area contributed by atoms with Gasteiger partial charge in [0.1, 0.15) is 5.75 Å². The van der Waals surface area contributed by atoms with Crippen LogP contribution in [0.5, 0.6) is 5.75 Å². The Labute approximate surface area is 172 Å². The SMILES string of the molecule is CCn1nc(C)c(C(=O)N2C[C@@H]3CNC[C@@H]3[C@H]2c2ccc(OC)cc2)c1C.Cl. The molecule has 28 heavy (non-hydrogen) atoms. The first-order valence-electron chi connectivity index (χ1n) is 9.74. The number of carbonyl (C=O) groups excluding carboxylic acids is 1. The molecule has 0 spiro atoms. The van der Waals surface area contributed by atoms with Crippen LogP contribution >= 0.6 is 12.4 Å². The molecule has 0 aliphatic carbocycles. The average molecular weight is 405 g/mol. The van der Waals surface area contributed by atoms with E-state index in [1.54, 1.807) is 7.11 Å². The van der Waals surface area contributed by atoms with E-state index < -0.39 is 0 Å². The van der Waals surface area contributed by atoms with E-state index in [4.69, 9.17) is 4.74 Å². The number of nitrogens with one attached hydrogen (secondary N) is 1.